The van der Waals surface area contributed by atoms with Crippen LogP contribution < -0.4 is 5.56 Å². The average molecular weight is 392 g/mol. The number of para-hydroxylation sites is 1. The van der Waals surface area contributed by atoms with Gasteiger partial charge in [-0.05, 0) is 49.2 Å². The molecule has 7 heteroatoms. The second-order valence-corrected chi connectivity index (χ2v) is 7.49. The van der Waals surface area contributed by atoms with Crippen molar-refractivity contribution in [3.05, 3.63) is 75.7 Å². The Morgan fingerprint density at radius 3 is 2.57 bits per heavy atom. The second-order valence-electron chi connectivity index (χ2n) is 6.55. The van der Waals surface area contributed by atoms with E-state index in [1.807, 2.05) is 56.3 Å². The number of nitrogens with zero attached hydrogens (tertiary/aromatic N) is 4. The molecule has 4 rings (SSSR count). The molecular weight excluding hydrogens is 372 g/mol. The number of aryl methyl sites for hydroxylation is 3. The van der Waals surface area contributed by atoms with Gasteiger partial charge < -0.3 is 4.42 Å². The van der Waals surface area contributed by atoms with Crippen molar-refractivity contribution in [3.63, 3.8) is 0 Å². The first-order valence-corrected chi connectivity index (χ1v) is 10.1. The van der Waals surface area contributed by atoms with Crippen molar-refractivity contribution in [2.45, 2.75) is 38.1 Å². The van der Waals surface area contributed by atoms with E-state index in [0.29, 0.717) is 40.0 Å². The Bertz CT molecular complexity index is 1210. The van der Waals surface area contributed by atoms with Crippen LogP contribution in [0, 0.1) is 13.8 Å². The van der Waals surface area contributed by atoms with Crippen molar-refractivity contribution in [1.82, 2.24) is 19.7 Å². The Kier molecular flexibility index (Phi) is 5.00. The third kappa shape index (κ3) is 3.45. The van der Waals surface area contributed by atoms with E-state index in [-0.39, 0.29) is 5.56 Å². The van der Waals surface area contributed by atoms with Gasteiger partial charge in [-0.2, -0.15) is 0 Å². The van der Waals surface area contributed by atoms with Gasteiger partial charge in [-0.15, -0.1) is 10.2 Å². The molecule has 0 radical (unpaired) electrons. The van der Waals surface area contributed by atoms with Crippen molar-refractivity contribution >= 4 is 22.7 Å². The maximum Gasteiger partial charge on any atom is 0.266 e. The molecule has 2 aromatic carbocycles. The highest BCUT2D eigenvalue weighted by atomic mass is 32.2. The largest absolute Gasteiger partial charge is 0.424 e. The van der Waals surface area contributed by atoms with E-state index >= 15 is 0 Å². The summed E-state index contributed by atoms with van der Waals surface area (Å²) in [5.41, 5.74) is 3.69. The second kappa shape index (κ2) is 7.59. The summed E-state index contributed by atoms with van der Waals surface area (Å²) < 4.78 is 7.26. The average Bonchev–Trinajstić information content (AvgIpc) is 3.17. The maximum atomic E-state index is 13.3. The van der Waals surface area contributed by atoms with Crippen molar-refractivity contribution in [3.8, 4) is 5.69 Å². The molecule has 0 saturated carbocycles. The van der Waals surface area contributed by atoms with Gasteiger partial charge in [0, 0.05) is 6.42 Å². The molecule has 0 unspecified atom stereocenters. The molecule has 0 aliphatic rings. The standard InChI is InChI=1S/C21H20N4O2S/c1-4-18-23-24-19(27-18)12-28-21-22-17-8-6-5-7-16(17)20(26)25(21)15-10-9-13(2)14(3)11-15/h5-11H,4,12H2,1-3H3. The smallest absolute Gasteiger partial charge is 0.266 e. The molecule has 0 bridgehead atoms. The highest BCUT2D eigenvalue weighted by Gasteiger charge is 2.15. The predicted octanol–water partition coefficient (Wildman–Crippen LogP) is 4.24. The van der Waals surface area contributed by atoms with Crippen molar-refractivity contribution in [2.75, 3.05) is 0 Å². The normalized spacial score (nSPS) is 11.2. The summed E-state index contributed by atoms with van der Waals surface area (Å²) in [5, 5.41) is 9.25. The molecule has 0 N–H and O–H groups in total. The SMILES string of the molecule is CCc1nnc(CSc2nc3ccccc3c(=O)n2-c2ccc(C)c(C)c2)o1. The van der Waals surface area contributed by atoms with Crippen LogP contribution in [0.15, 0.2) is 56.8 Å². The van der Waals surface area contributed by atoms with Gasteiger partial charge in [-0.1, -0.05) is 36.9 Å². The fraction of sp³-hybridized carbons (Fsp3) is 0.238. The molecule has 4 aromatic rings. The van der Waals surface area contributed by atoms with Gasteiger partial charge in [0.25, 0.3) is 5.56 Å². The van der Waals surface area contributed by atoms with Crippen LogP contribution in [-0.2, 0) is 12.2 Å². The fourth-order valence-corrected chi connectivity index (χ4v) is 3.77. The minimum absolute atomic E-state index is 0.0869. The van der Waals surface area contributed by atoms with E-state index in [0.717, 1.165) is 11.3 Å². The predicted molar refractivity (Wildman–Crippen MR) is 110 cm³/mol. The van der Waals surface area contributed by atoms with Gasteiger partial charge in [0.1, 0.15) is 0 Å². The van der Waals surface area contributed by atoms with Crippen molar-refractivity contribution in [1.29, 1.82) is 0 Å². The summed E-state index contributed by atoms with van der Waals surface area (Å²) in [6.07, 6.45) is 0.694. The topological polar surface area (TPSA) is 73.8 Å². The van der Waals surface area contributed by atoms with Gasteiger partial charge in [0.15, 0.2) is 5.16 Å². The number of aromatic nitrogens is 4. The zero-order valence-corrected chi connectivity index (χ0v) is 16.8. The highest BCUT2D eigenvalue weighted by molar-refractivity contribution is 7.98. The zero-order valence-electron chi connectivity index (χ0n) is 16.0. The van der Waals surface area contributed by atoms with Crippen LogP contribution in [0.4, 0.5) is 0 Å². The molecule has 28 heavy (non-hydrogen) atoms. The molecule has 0 aliphatic carbocycles. The molecular formula is C21H20N4O2S. The molecule has 0 amide bonds. The Morgan fingerprint density at radius 2 is 1.82 bits per heavy atom. The maximum absolute atomic E-state index is 13.3. The molecule has 0 spiro atoms. The first-order chi connectivity index (χ1) is 13.6. The van der Waals surface area contributed by atoms with Crippen LogP contribution in [0.2, 0.25) is 0 Å². The van der Waals surface area contributed by atoms with Crippen LogP contribution in [0.5, 0.6) is 0 Å². The van der Waals surface area contributed by atoms with Gasteiger partial charge >= 0.3 is 0 Å². The van der Waals surface area contributed by atoms with Gasteiger partial charge in [0.05, 0.1) is 22.3 Å². The molecule has 0 saturated heterocycles. The van der Waals surface area contributed by atoms with Gasteiger partial charge in [0.2, 0.25) is 11.8 Å². The lowest BCUT2D eigenvalue weighted by atomic mass is 10.1. The van der Waals surface area contributed by atoms with Gasteiger partial charge in [-0.3, -0.25) is 9.36 Å². The molecule has 2 aromatic heterocycles. The van der Waals surface area contributed by atoms with Crippen LogP contribution in [0.25, 0.3) is 16.6 Å². The molecule has 2 heterocycles. The molecule has 6 nitrogen and oxygen atoms in total. The van der Waals surface area contributed by atoms with Crippen LogP contribution in [0.1, 0.15) is 29.8 Å². The first kappa shape index (κ1) is 18.4. The van der Waals surface area contributed by atoms with Gasteiger partial charge in [-0.25, -0.2) is 4.98 Å². The summed E-state index contributed by atoms with van der Waals surface area (Å²) in [4.78, 5) is 18.0. The number of hydrogen-bond acceptors (Lipinski definition) is 6. The minimum atomic E-state index is -0.0869. The van der Waals surface area contributed by atoms with Crippen molar-refractivity contribution in [2.24, 2.45) is 0 Å². The lowest BCUT2D eigenvalue weighted by Gasteiger charge is -2.14. The van der Waals surface area contributed by atoms with E-state index in [4.69, 9.17) is 9.40 Å². The Hall–Kier alpha value is -2.93. The number of rotatable bonds is 5. The lowest BCUT2D eigenvalue weighted by Crippen LogP contribution is -2.22. The third-order valence-corrected chi connectivity index (χ3v) is 5.55. The summed E-state index contributed by atoms with van der Waals surface area (Å²) in [6.45, 7) is 6.06. The fourth-order valence-electron chi connectivity index (χ4n) is 2.92. The zero-order chi connectivity index (χ0) is 19.7. The van der Waals surface area contributed by atoms with Crippen LogP contribution in [0.3, 0.4) is 0 Å². The number of fused-ring (bicyclic) bond motifs is 1. The van der Waals surface area contributed by atoms with E-state index in [9.17, 15) is 4.79 Å². The van der Waals surface area contributed by atoms with E-state index < -0.39 is 0 Å². The summed E-state index contributed by atoms with van der Waals surface area (Å²) in [6, 6.07) is 13.4. The summed E-state index contributed by atoms with van der Waals surface area (Å²) >= 11 is 1.41. The van der Waals surface area contributed by atoms with Crippen molar-refractivity contribution < 1.29 is 4.42 Å². The summed E-state index contributed by atoms with van der Waals surface area (Å²) in [7, 11) is 0. The molecule has 0 atom stereocenters. The number of benzene rings is 2. The molecule has 0 fully saturated rings. The first-order valence-electron chi connectivity index (χ1n) is 9.10. The van der Waals surface area contributed by atoms with Crippen LogP contribution >= 0.6 is 11.8 Å². The lowest BCUT2D eigenvalue weighted by molar-refractivity contribution is 0.469. The number of thioether (sulfide) groups is 1. The molecule has 142 valence electrons. The van der Waals surface area contributed by atoms with E-state index in [1.165, 1.54) is 17.3 Å². The Labute approximate surface area is 166 Å². The molecule has 0 aliphatic heterocycles. The Balaban J connectivity index is 1.83. The minimum Gasteiger partial charge on any atom is -0.424 e. The summed E-state index contributed by atoms with van der Waals surface area (Å²) in [5.74, 6) is 1.58. The van der Waals surface area contributed by atoms with E-state index in [1.54, 1.807) is 4.57 Å². The van der Waals surface area contributed by atoms with Crippen LogP contribution in [-0.4, -0.2) is 19.7 Å². The van der Waals surface area contributed by atoms with E-state index in [2.05, 4.69) is 17.1 Å². The Morgan fingerprint density at radius 1 is 1.04 bits per heavy atom. The number of hydrogen-bond donors (Lipinski definition) is 0. The quantitative estimate of drug-likeness (QED) is 0.374. The third-order valence-electron chi connectivity index (χ3n) is 4.63. The monoisotopic (exact) mass is 392 g/mol. The highest BCUT2D eigenvalue weighted by Crippen LogP contribution is 2.25.